The van der Waals surface area contributed by atoms with Gasteiger partial charge in [-0.3, -0.25) is 0 Å². The summed E-state index contributed by atoms with van der Waals surface area (Å²) in [6, 6.07) is 24.9. The average Bonchev–Trinajstić information content (AvgIpc) is 3.79. The van der Waals surface area contributed by atoms with E-state index >= 15 is 0 Å². The number of aromatic nitrogens is 3. The Labute approximate surface area is 293 Å². The van der Waals surface area contributed by atoms with Crippen molar-refractivity contribution in [3.63, 3.8) is 0 Å². The van der Waals surface area contributed by atoms with Crippen LogP contribution in [0.1, 0.15) is 94.7 Å². The molecule has 2 aliphatic carbocycles. The Balaban J connectivity index is 0.000000200. The SMILES string of the molecule is Cc1ccc(-c2[c-]cc(C3CCCC3)cc2)nc1.[2H]c1nc(-c2[c-]ccc3c2sc2c3ccc[n+]2C2CCCCC2)c([2H])c([2H])c1C([2H])([2H])[2H].[Ir]. The van der Waals surface area contributed by atoms with Gasteiger partial charge in [-0.05, 0) is 59.9 Å². The Hall–Kier alpha value is -3.24. The first-order valence-corrected chi connectivity index (χ1v) is 16.6. The van der Waals surface area contributed by atoms with Crippen LogP contribution < -0.4 is 4.57 Å². The van der Waals surface area contributed by atoms with E-state index in [1.165, 1.54) is 56.1 Å². The molecule has 3 nitrogen and oxygen atoms in total. The molecule has 6 aromatic rings. The van der Waals surface area contributed by atoms with Crippen LogP contribution in [0.2, 0.25) is 0 Å². The molecular formula is C40H40IrN3S-. The first kappa shape index (κ1) is 24.9. The maximum Gasteiger partial charge on any atom is 0.259 e. The zero-order valence-corrected chi connectivity index (χ0v) is 28.7. The van der Waals surface area contributed by atoms with Gasteiger partial charge in [-0.1, -0.05) is 67.6 Å². The van der Waals surface area contributed by atoms with Gasteiger partial charge in [-0.25, -0.2) is 0 Å². The molecule has 0 spiro atoms. The minimum Gasteiger partial charge on any atom is -0.304 e. The Kier molecular flexibility index (Phi) is 8.01. The Morgan fingerprint density at radius 1 is 0.867 bits per heavy atom. The summed E-state index contributed by atoms with van der Waals surface area (Å²) in [4.78, 5) is 9.77. The number of hydrogen-bond acceptors (Lipinski definition) is 3. The fourth-order valence-corrected chi connectivity index (χ4v) is 8.03. The second-order valence-corrected chi connectivity index (χ2v) is 13.1. The smallest absolute Gasteiger partial charge is 0.259 e. The summed E-state index contributed by atoms with van der Waals surface area (Å²) in [6.45, 7) is -0.599. The summed E-state index contributed by atoms with van der Waals surface area (Å²) in [6.07, 6.45) is 15.1. The summed E-state index contributed by atoms with van der Waals surface area (Å²) in [7, 11) is 0. The van der Waals surface area contributed by atoms with Crippen molar-refractivity contribution in [3.05, 3.63) is 114 Å². The first-order chi connectivity index (χ1) is 24.1. The van der Waals surface area contributed by atoms with Crippen LogP contribution in [-0.4, -0.2) is 9.97 Å². The Morgan fingerprint density at radius 3 is 2.47 bits per heavy atom. The van der Waals surface area contributed by atoms with Crippen LogP contribution in [0.4, 0.5) is 0 Å². The monoisotopic (exact) mass is 793 g/mol. The zero-order chi connectivity index (χ0) is 35.0. The van der Waals surface area contributed by atoms with Crippen LogP contribution in [0.5, 0.6) is 0 Å². The van der Waals surface area contributed by atoms with E-state index in [4.69, 9.17) is 8.22 Å². The predicted octanol–water partition coefficient (Wildman–Crippen LogP) is 10.5. The summed E-state index contributed by atoms with van der Waals surface area (Å²) in [5.41, 5.74) is 4.95. The molecule has 4 aromatic heterocycles. The van der Waals surface area contributed by atoms with E-state index < -0.39 is 24.6 Å². The number of rotatable bonds is 4. The normalized spacial score (nSPS) is 17.7. The maximum atomic E-state index is 8.46. The van der Waals surface area contributed by atoms with E-state index in [0.717, 1.165) is 50.3 Å². The molecular weight excluding hydrogens is 747 g/mol. The average molecular weight is 793 g/mol. The van der Waals surface area contributed by atoms with Crippen LogP contribution in [0.25, 0.3) is 42.8 Å². The third-order valence-electron chi connectivity index (χ3n) is 9.05. The largest absolute Gasteiger partial charge is 0.304 e. The molecule has 2 aliphatic rings. The number of nitrogens with zero attached hydrogens (tertiary/aromatic N) is 3. The van der Waals surface area contributed by atoms with Crippen molar-refractivity contribution in [3.8, 4) is 22.5 Å². The minimum absolute atomic E-state index is 0. The van der Waals surface area contributed by atoms with Crippen molar-refractivity contribution in [1.82, 2.24) is 9.97 Å². The Morgan fingerprint density at radius 2 is 1.71 bits per heavy atom. The molecule has 0 amide bonds. The fraction of sp³-hybridized carbons (Fsp3) is 0.325. The molecule has 0 unspecified atom stereocenters. The topological polar surface area (TPSA) is 29.7 Å². The van der Waals surface area contributed by atoms with Crippen molar-refractivity contribution in [1.29, 1.82) is 0 Å². The molecule has 2 fully saturated rings. The van der Waals surface area contributed by atoms with Crippen molar-refractivity contribution in [2.75, 3.05) is 0 Å². The van der Waals surface area contributed by atoms with Gasteiger partial charge in [0.1, 0.15) is 0 Å². The fourth-order valence-electron chi connectivity index (χ4n) is 6.69. The zero-order valence-electron chi connectivity index (χ0n) is 31.5. The molecule has 0 atom stereocenters. The van der Waals surface area contributed by atoms with Gasteiger partial charge in [-0.2, -0.15) is 4.57 Å². The molecule has 5 heteroatoms. The van der Waals surface area contributed by atoms with Crippen LogP contribution in [0.15, 0.2) is 85.2 Å². The molecule has 2 aromatic carbocycles. The molecule has 0 bridgehead atoms. The quantitative estimate of drug-likeness (QED) is 0.131. The number of pyridine rings is 3. The molecule has 1 radical (unpaired) electrons. The standard InChI is InChI=1S/C23H22N2S.C17H18N.Ir/c1-16-12-13-21(24-15-16)20-10-5-9-18-19-11-6-14-25(23(19)26-22(18)20)17-7-3-2-4-8-17;1-13-6-11-17(18-12-13)16-9-7-15(8-10-16)14-4-2-3-5-14;/h5-6,9,11-15,17H,2-4,7-8H2,1H3;6-9,11-12,14H,2-5H2,1H3;/q;-1;/i1D3,12D,13D,15D;;. The molecule has 4 heterocycles. The van der Waals surface area contributed by atoms with Gasteiger partial charge in [0.05, 0.1) is 4.11 Å². The van der Waals surface area contributed by atoms with Crippen molar-refractivity contribution >= 4 is 31.6 Å². The summed E-state index contributed by atoms with van der Waals surface area (Å²) in [5.74, 6) is 0.765. The third kappa shape index (κ3) is 6.97. The number of thiophene rings is 1. The van der Waals surface area contributed by atoms with Gasteiger partial charge in [0.2, 0.25) is 0 Å². The number of hydrogen-bond donors (Lipinski definition) is 0. The van der Waals surface area contributed by atoms with Gasteiger partial charge in [0, 0.05) is 60.9 Å². The second kappa shape index (κ2) is 14.5. The number of fused-ring (bicyclic) bond motifs is 3. The van der Waals surface area contributed by atoms with Crippen molar-refractivity contribution in [2.45, 2.75) is 83.5 Å². The van der Waals surface area contributed by atoms with Gasteiger partial charge in [0.25, 0.3) is 4.83 Å². The molecule has 2 saturated carbocycles. The van der Waals surface area contributed by atoms with E-state index in [9.17, 15) is 0 Å². The van der Waals surface area contributed by atoms with Crippen LogP contribution in [0, 0.1) is 25.9 Å². The minimum atomic E-state index is -2.66. The van der Waals surface area contributed by atoms with Crippen LogP contribution >= 0.6 is 11.3 Å². The van der Waals surface area contributed by atoms with Gasteiger partial charge in [-0.15, -0.1) is 70.5 Å². The molecule has 45 heavy (non-hydrogen) atoms. The molecule has 0 saturated heterocycles. The second-order valence-electron chi connectivity index (χ2n) is 12.1. The first-order valence-electron chi connectivity index (χ1n) is 18.8. The molecule has 0 N–H and O–H groups in total. The molecule has 231 valence electrons. The van der Waals surface area contributed by atoms with Crippen molar-refractivity contribution in [2.24, 2.45) is 0 Å². The molecule has 0 aliphatic heterocycles. The van der Waals surface area contributed by atoms with Gasteiger partial charge >= 0.3 is 0 Å². The van der Waals surface area contributed by atoms with E-state index in [1.54, 1.807) is 17.4 Å². The van der Waals surface area contributed by atoms with E-state index in [1.807, 2.05) is 12.3 Å². The van der Waals surface area contributed by atoms with E-state index in [0.29, 0.717) is 11.6 Å². The number of benzene rings is 2. The van der Waals surface area contributed by atoms with E-state index in [2.05, 4.69) is 82.3 Å². The Bertz CT molecular complexity index is 2140. The third-order valence-corrected chi connectivity index (χ3v) is 10.3. The van der Waals surface area contributed by atoms with Crippen LogP contribution in [0.3, 0.4) is 0 Å². The van der Waals surface area contributed by atoms with Gasteiger partial charge < -0.3 is 9.97 Å². The van der Waals surface area contributed by atoms with Crippen LogP contribution in [-0.2, 0) is 20.1 Å². The summed E-state index contributed by atoms with van der Waals surface area (Å²) >= 11 is 1.61. The summed E-state index contributed by atoms with van der Waals surface area (Å²) in [5, 5.41) is 2.14. The molecule has 8 rings (SSSR count). The number of aryl methyl sites for hydroxylation is 1. The van der Waals surface area contributed by atoms with E-state index in [-0.39, 0.29) is 31.8 Å². The van der Waals surface area contributed by atoms with Crippen molar-refractivity contribution < 1.29 is 32.9 Å². The summed E-state index contributed by atoms with van der Waals surface area (Å²) < 4.78 is 50.9. The van der Waals surface area contributed by atoms with Gasteiger partial charge in [0.15, 0.2) is 12.2 Å². The predicted molar refractivity (Wildman–Crippen MR) is 183 cm³/mol. The maximum absolute atomic E-state index is 8.46.